The van der Waals surface area contributed by atoms with Crippen LogP contribution in [-0.4, -0.2) is 81.1 Å². The van der Waals surface area contributed by atoms with Crippen molar-refractivity contribution in [1.29, 1.82) is 0 Å². The minimum Gasteiger partial charge on any atom is -0.379 e. The first kappa shape index (κ1) is 26.0. The summed E-state index contributed by atoms with van der Waals surface area (Å²) in [5.74, 6) is 1.24. The van der Waals surface area contributed by atoms with Gasteiger partial charge in [-0.2, -0.15) is 0 Å². The average Bonchev–Trinajstić information content (AvgIpc) is 3.13. The van der Waals surface area contributed by atoms with Crippen LogP contribution >= 0.6 is 0 Å². The molecule has 1 aromatic rings. The number of hydrogen-bond acceptors (Lipinski definition) is 7. The monoisotopic (exact) mass is 415 g/mol. The summed E-state index contributed by atoms with van der Waals surface area (Å²) < 4.78 is 29.2. The fourth-order valence-electron chi connectivity index (χ4n) is 2.36. The third kappa shape index (κ3) is 16.4. The van der Waals surface area contributed by atoms with Gasteiger partial charge in [0, 0.05) is 12.8 Å². The molecule has 0 saturated heterocycles. The minimum atomic E-state index is 0.559. The van der Waals surface area contributed by atoms with Gasteiger partial charge in [0.05, 0.1) is 71.7 Å². The van der Waals surface area contributed by atoms with E-state index in [1.807, 2.05) is 10.9 Å². The van der Waals surface area contributed by atoms with Crippen molar-refractivity contribution < 1.29 is 23.7 Å². The Bertz CT molecular complexity index is 483. The van der Waals surface area contributed by atoms with E-state index in [-0.39, 0.29) is 0 Å². The summed E-state index contributed by atoms with van der Waals surface area (Å²) in [6.07, 6.45) is 4.12. The van der Waals surface area contributed by atoms with Gasteiger partial charge in [-0.05, 0) is 24.7 Å². The molecule has 0 N–H and O–H groups in total. The third-order valence-electron chi connectivity index (χ3n) is 3.97. The first-order chi connectivity index (χ1) is 14.1. The van der Waals surface area contributed by atoms with Crippen LogP contribution in [0.1, 0.15) is 39.8 Å². The zero-order valence-corrected chi connectivity index (χ0v) is 18.8. The van der Waals surface area contributed by atoms with Gasteiger partial charge in [0.2, 0.25) is 0 Å². The second kappa shape index (κ2) is 17.8. The van der Waals surface area contributed by atoms with E-state index in [0.29, 0.717) is 77.8 Å². The smallest absolute Gasteiger partial charge is 0.0827 e. The van der Waals surface area contributed by atoms with Gasteiger partial charge in [-0.3, -0.25) is 0 Å². The Morgan fingerprint density at radius 1 is 0.724 bits per heavy atom. The molecular weight excluding hydrogens is 374 g/mol. The van der Waals surface area contributed by atoms with Crippen molar-refractivity contribution in [2.24, 2.45) is 11.8 Å². The lowest BCUT2D eigenvalue weighted by Gasteiger charge is -2.08. The molecule has 0 unspecified atom stereocenters. The highest BCUT2D eigenvalue weighted by molar-refractivity contribution is 4.92. The molecule has 170 valence electrons. The summed E-state index contributed by atoms with van der Waals surface area (Å²) in [5, 5.41) is 8.31. The molecule has 29 heavy (non-hydrogen) atoms. The van der Waals surface area contributed by atoms with Crippen LogP contribution in [0.3, 0.4) is 0 Å². The average molecular weight is 416 g/mol. The van der Waals surface area contributed by atoms with Crippen molar-refractivity contribution in [2.45, 2.75) is 47.1 Å². The van der Waals surface area contributed by atoms with Gasteiger partial charge in [0.15, 0.2) is 0 Å². The van der Waals surface area contributed by atoms with E-state index < -0.39 is 0 Å². The molecule has 0 spiro atoms. The molecule has 0 aliphatic carbocycles. The maximum absolute atomic E-state index is 5.57. The normalized spacial score (nSPS) is 11.8. The largest absolute Gasteiger partial charge is 0.379 e. The molecule has 0 aromatic carbocycles. The van der Waals surface area contributed by atoms with Crippen molar-refractivity contribution in [1.82, 2.24) is 15.0 Å². The summed E-state index contributed by atoms with van der Waals surface area (Å²) in [4.78, 5) is 0. The van der Waals surface area contributed by atoms with Gasteiger partial charge in [0.1, 0.15) is 0 Å². The molecule has 0 aliphatic rings. The lowest BCUT2D eigenvalue weighted by molar-refractivity contribution is -0.0132. The fraction of sp³-hybridized carbons (Fsp3) is 0.905. The van der Waals surface area contributed by atoms with Crippen molar-refractivity contribution in [3.63, 3.8) is 0 Å². The van der Waals surface area contributed by atoms with Crippen LogP contribution in [-0.2, 0) is 36.6 Å². The molecule has 0 atom stereocenters. The molecule has 0 aliphatic heterocycles. The molecule has 0 radical (unpaired) electrons. The number of rotatable bonds is 20. The van der Waals surface area contributed by atoms with Crippen LogP contribution in [0.25, 0.3) is 0 Å². The molecule has 1 rings (SSSR count). The molecule has 1 aromatic heterocycles. The molecule has 1 heterocycles. The number of ether oxygens (including phenoxy) is 5. The molecule has 0 bridgehead atoms. The third-order valence-corrected chi connectivity index (χ3v) is 3.97. The Balaban J connectivity index is 1.79. The molecule has 8 nitrogen and oxygen atoms in total. The maximum Gasteiger partial charge on any atom is 0.0827 e. The van der Waals surface area contributed by atoms with Crippen molar-refractivity contribution >= 4 is 0 Å². The number of aromatic nitrogens is 3. The second-order valence-corrected chi connectivity index (χ2v) is 7.82. The predicted molar refractivity (Wildman–Crippen MR) is 112 cm³/mol. The first-order valence-electron chi connectivity index (χ1n) is 10.9. The van der Waals surface area contributed by atoms with Crippen molar-refractivity contribution in [3.05, 3.63) is 11.9 Å². The number of hydrogen-bond donors (Lipinski definition) is 0. The van der Waals surface area contributed by atoms with E-state index in [9.17, 15) is 0 Å². The van der Waals surface area contributed by atoms with Gasteiger partial charge in [-0.15, -0.1) is 5.10 Å². The Morgan fingerprint density at radius 2 is 1.24 bits per heavy atom. The summed E-state index contributed by atoms with van der Waals surface area (Å²) in [6.45, 7) is 15.4. The first-order valence-corrected chi connectivity index (χ1v) is 10.9. The van der Waals surface area contributed by atoms with E-state index in [2.05, 4.69) is 38.0 Å². The highest BCUT2D eigenvalue weighted by Gasteiger charge is 2.02. The zero-order chi connectivity index (χ0) is 21.2. The lowest BCUT2D eigenvalue weighted by atomic mass is 10.1. The molecule has 0 fully saturated rings. The highest BCUT2D eigenvalue weighted by atomic mass is 16.6. The minimum absolute atomic E-state index is 0.559. The molecule has 8 heteroatoms. The van der Waals surface area contributed by atoms with Gasteiger partial charge in [0.25, 0.3) is 0 Å². The van der Waals surface area contributed by atoms with E-state index in [1.165, 1.54) is 0 Å². The molecule has 0 saturated carbocycles. The summed E-state index contributed by atoms with van der Waals surface area (Å²) in [5.41, 5.74) is 1.05. The van der Waals surface area contributed by atoms with Crippen LogP contribution in [0.4, 0.5) is 0 Å². The SMILES string of the molecule is CC(C)CCc1cn(CCOCCOCCOCCOCCOCC(C)C)nn1. The quantitative estimate of drug-likeness (QED) is 0.303. The van der Waals surface area contributed by atoms with Crippen LogP contribution in [0, 0.1) is 11.8 Å². The maximum atomic E-state index is 5.57. The van der Waals surface area contributed by atoms with Crippen LogP contribution in [0.5, 0.6) is 0 Å². The lowest BCUT2D eigenvalue weighted by Crippen LogP contribution is -2.14. The fourth-order valence-corrected chi connectivity index (χ4v) is 2.36. The second-order valence-electron chi connectivity index (χ2n) is 7.82. The zero-order valence-electron chi connectivity index (χ0n) is 18.8. The highest BCUT2D eigenvalue weighted by Crippen LogP contribution is 2.05. The van der Waals surface area contributed by atoms with Crippen molar-refractivity contribution in [2.75, 3.05) is 66.1 Å². The predicted octanol–water partition coefficient (Wildman–Crippen LogP) is 2.61. The van der Waals surface area contributed by atoms with Crippen LogP contribution in [0.2, 0.25) is 0 Å². The Kier molecular flexibility index (Phi) is 15.9. The van der Waals surface area contributed by atoms with Gasteiger partial charge < -0.3 is 23.7 Å². The standard InChI is InChI=1S/C21H41N3O5/c1-19(2)5-6-21-17-24(23-22-21)7-8-25-9-10-26-11-12-27-13-14-28-15-16-29-18-20(3)4/h17,19-20H,5-16,18H2,1-4H3. The number of nitrogens with zero attached hydrogens (tertiary/aromatic N) is 3. The Hall–Kier alpha value is -1.06. The van der Waals surface area contributed by atoms with E-state index in [0.717, 1.165) is 25.1 Å². The van der Waals surface area contributed by atoms with E-state index >= 15 is 0 Å². The van der Waals surface area contributed by atoms with Crippen LogP contribution in [0.15, 0.2) is 6.20 Å². The van der Waals surface area contributed by atoms with Crippen molar-refractivity contribution in [3.8, 4) is 0 Å². The topological polar surface area (TPSA) is 76.9 Å². The molecular formula is C21H41N3O5. The van der Waals surface area contributed by atoms with Gasteiger partial charge in [-0.25, -0.2) is 4.68 Å². The summed E-state index contributed by atoms with van der Waals surface area (Å²) in [7, 11) is 0. The van der Waals surface area contributed by atoms with Gasteiger partial charge in [-0.1, -0.05) is 32.9 Å². The number of aryl methyl sites for hydroxylation is 1. The molecule has 0 amide bonds. The Morgan fingerprint density at radius 3 is 1.76 bits per heavy atom. The van der Waals surface area contributed by atoms with E-state index in [4.69, 9.17) is 23.7 Å². The Labute approximate surface area is 176 Å². The van der Waals surface area contributed by atoms with Gasteiger partial charge >= 0.3 is 0 Å². The van der Waals surface area contributed by atoms with E-state index in [1.54, 1.807) is 0 Å². The summed E-state index contributed by atoms with van der Waals surface area (Å²) in [6, 6.07) is 0. The van der Waals surface area contributed by atoms with Crippen LogP contribution < -0.4 is 0 Å². The summed E-state index contributed by atoms with van der Waals surface area (Å²) >= 11 is 0.